The van der Waals surface area contributed by atoms with Gasteiger partial charge < -0.3 is 15.4 Å². The molecule has 0 radical (unpaired) electrons. The first-order valence-corrected chi connectivity index (χ1v) is 14.6. The summed E-state index contributed by atoms with van der Waals surface area (Å²) in [5, 5.41) is 13.9. The smallest absolute Gasteiger partial charge is 0.341 e. The minimum Gasteiger partial charge on any atom is -0.462 e. The fourth-order valence-corrected chi connectivity index (χ4v) is 5.81. The number of rotatable bonds is 8. The molecule has 5 aromatic rings. The summed E-state index contributed by atoms with van der Waals surface area (Å²) in [7, 11) is 0. The molecule has 0 fully saturated rings. The van der Waals surface area contributed by atoms with Crippen LogP contribution in [0.4, 0.5) is 15.5 Å². The molecule has 2 amide bonds. The van der Waals surface area contributed by atoms with E-state index in [9.17, 15) is 14.4 Å². The highest BCUT2D eigenvalue weighted by molar-refractivity contribution is 8.13. The number of nitrogens with zero attached hydrogens (tertiary/aromatic N) is 3. The summed E-state index contributed by atoms with van der Waals surface area (Å²) >= 11 is 1.72. The fourth-order valence-electron chi connectivity index (χ4n) is 4.12. The zero-order valence-corrected chi connectivity index (χ0v) is 24.3. The largest absolute Gasteiger partial charge is 0.462 e. The van der Waals surface area contributed by atoms with Gasteiger partial charge in [0.15, 0.2) is 0 Å². The number of hydrogen-bond acceptors (Lipinski definition) is 9. The van der Waals surface area contributed by atoms with Gasteiger partial charge in [-0.2, -0.15) is 0 Å². The van der Waals surface area contributed by atoms with E-state index in [0.29, 0.717) is 22.6 Å². The van der Waals surface area contributed by atoms with Gasteiger partial charge in [0.2, 0.25) is 5.16 Å². The third-order valence-corrected chi connectivity index (χ3v) is 7.87. The number of anilines is 2. The number of carbonyl (C=O) groups is 3. The van der Waals surface area contributed by atoms with Crippen molar-refractivity contribution in [3.63, 3.8) is 0 Å². The number of amides is 2. The van der Waals surface area contributed by atoms with Gasteiger partial charge in [-0.3, -0.25) is 9.59 Å². The van der Waals surface area contributed by atoms with E-state index in [1.807, 2.05) is 66.7 Å². The molecule has 0 saturated carbocycles. The van der Waals surface area contributed by atoms with Crippen LogP contribution in [0.1, 0.15) is 32.5 Å². The first-order valence-electron chi connectivity index (χ1n) is 13.0. The van der Waals surface area contributed by atoms with Crippen molar-refractivity contribution in [2.24, 2.45) is 0 Å². The van der Waals surface area contributed by atoms with Gasteiger partial charge in [-0.1, -0.05) is 78.9 Å². The van der Waals surface area contributed by atoms with Crippen LogP contribution in [0.25, 0.3) is 22.5 Å². The number of aromatic nitrogens is 3. The van der Waals surface area contributed by atoms with E-state index in [1.54, 1.807) is 38.1 Å². The third-order valence-electron chi connectivity index (χ3n) is 6.03. The Bertz CT molecular complexity index is 1730. The maximum absolute atomic E-state index is 13.2. The molecule has 2 aromatic heterocycles. The predicted molar refractivity (Wildman–Crippen MR) is 165 cm³/mol. The van der Waals surface area contributed by atoms with E-state index in [-0.39, 0.29) is 27.2 Å². The van der Waals surface area contributed by atoms with Gasteiger partial charge >= 0.3 is 5.97 Å². The molecule has 210 valence electrons. The maximum Gasteiger partial charge on any atom is 0.341 e. The molecule has 0 unspecified atom stereocenters. The predicted octanol–water partition coefficient (Wildman–Crippen LogP) is 7.33. The summed E-state index contributed by atoms with van der Waals surface area (Å²) in [6, 6.07) is 28.0. The van der Waals surface area contributed by atoms with Crippen LogP contribution >= 0.6 is 23.1 Å². The Labute approximate surface area is 250 Å². The minimum absolute atomic E-state index is 0.123. The summed E-state index contributed by atoms with van der Waals surface area (Å²) in [5.41, 5.74) is 3.95. The number of hydrogen-bond donors (Lipinski definition) is 2. The summed E-state index contributed by atoms with van der Waals surface area (Å²) in [6.07, 6.45) is 0. The lowest BCUT2D eigenvalue weighted by Gasteiger charge is -2.09. The van der Waals surface area contributed by atoms with Crippen molar-refractivity contribution in [1.82, 2.24) is 15.2 Å². The Morgan fingerprint density at radius 2 is 1.40 bits per heavy atom. The van der Waals surface area contributed by atoms with Crippen molar-refractivity contribution >= 4 is 50.9 Å². The third kappa shape index (κ3) is 6.54. The topological polar surface area (TPSA) is 123 Å². The van der Waals surface area contributed by atoms with Gasteiger partial charge in [0, 0.05) is 28.6 Å². The van der Waals surface area contributed by atoms with Crippen molar-refractivity contribution in [1.29, 1.82) is 0 Å². The number of thiophene rings is 1. The number of para-hydroxylation sites is 1. The molecule has 0 aliphatic heterocycles. The lowest BCUT2D eigenvalue weighted by molar-refractivity contribution is 0.0527. The summed E-state index contributed by atoms with van der Waals surface area (Å²) < 4.78 is 5.22. The number of ether oxygens (including phenoxy) is 1. The van der Waals surface area contributed by atoms with Crippen molar-refractivity contribution in [2.75, 3.05) is 17.2 Å². The van der Waals surface area contributed by atoms with Crippen LogP contribution in [0.2, 0.25) is 0 Å². The van der Waals surface area contributed by atoms with E-state index in [1.165, 1.54) is 0 Å². The summed E-state index contributed by atoms with van der Waals surface area (Å²) in [6.45, 7) is 3.47. The monoisotopic (exact) mass is 595 g/mol. The first kappa shape index (κ1) is 28.7. The summed E-state index contributed by atoms with van der Waals surface area (Å²) in [5.74, 6) is -1.04. The lowest BCUT2D eigenvalue weighted by atomic mass is 10.0. The number of carbonyl (C=O) groups excluding carboxylic acids is 3. The molecule has 2 heterocycles. The van der Waals surface area contributed by atoms with Crippen molar-refractivity contribution in [3.05, 3.63) is 107 Å². The zero-order valence-electron chi connectivity index (χ0n) is 22.7. The normalized spacial score (nSPS) is 10.6. The first-order chi connectivity index (χ1) is 20.4. The van der Waals surface area contributed by atoms with E-state index in [0.717, 1.165) is 34.2 Å². The number of benzene rings is 3. The van der Waals surface area contributed by atoms with Crippen LogP contribution in [0, 0.1) is 6.92 Å². The average molecular weight is 596 g/mol. The molecule has 0 aliphatic carbocycles. The van der Waals surface area contributed by atoms with E-state index in [2.05, 4.69) is 25.8 Å². The van der Waals surface area contributed by atoms with Crippen LogP contribution in [0.15, 0.2) is 96.2 Å². The highest BCUT2D eigenvalue weighted by Crippen LogP contribution is 2.36. The standard InChI is InChI=1S/C31H25N5O4S2/c1-3-40-29(38)23-19(2)26(27(37)32-22-17-11-6-12-18-22)41-28(23)34-31(39)42-30-33-24(20-13-7-4-8-14-20)25(35-36-30)21-15-9-5-10-16-21/h4-18H,3H2,1-2H3,(H,32,37)(H,34,39). The Morgan fingerprint density at radius 1 is 0.810 bits per heavy atom. The molecule has 9 nitrogen and oxygen atoms in total. The molecule has 42 heavy (non-hydrogen) atoms. The second kappa shape index (κ2) is 13.2. The second-order valence-electron chi connectivity index (χ2n) is 8.84. The van der Waals surface area contributed by atoms with E-state index in [4.69, 9.17) is 4.74 Å². The van der Waals surface area contributed by atoms with Crippen LogP contribution in [-0.4, -0.2) is 38.9 Å². The van der Waals surface area contributed by atoms with E-state index >= 15 is 0 Å². The number of nitrogens with one attached hydrogen (secondary N) is 2. The van der Waals surface area contributed by atoms with Crippen LogP contribution in [0.5, 0.6) is 0 Å². The number of esters is 1. The van der Waals surface area contributed by atoms with Gasteiger partial charge in [-0.15, -0.1) is 21.5 Å². The molecule has 3 aromatic carbocycles. The second-order valence-corrected chi connectivity index (χ2v) is 10.8. The summed E-state index contributed by atoms with van der Waals surface area (Å²) in [4.78, 5) is 44.1. The minimum atomic E-state index is -0.637. The van der Waals surface area contributed by atoms with Crippen LogP contribution in [0.3, 0.4) is 0 Å². The molecule has 0 saturated heterocycles. The Balaban J connectivity index is 1.42. The van der Waals surface area contributed by atoms with Crippen molar-refractivity contribution < 1.29 is 19.1 Å². The molecule has 0 bridgehead atoms. The van der Waals surface area contributed by atoms with Crippen LogP contribution < -0.4 is 10.6 Å². The lowest BCUT2D eigenvalue weighted by Crippen LogP contribution is -2.13. The quantitative estimate of drug-likeness (QED) is 0.141. The molecule has 0 aliphatic rings. The molecule has 2 N–H and O–H groups in total. The van der Waals surface area contributed by atoms with Gasteiger partial charge in [0.05, 0.1) is 17.0 Å². The Morgan fingerprint density at radius 3 is 2.02 bits per heavy atom. The average Bonchev–Trinajstić information content (AvgIpc) is 3.34. The highest BCUT2D eigenvalue weighted by atomic mass is 32.2. The molecule has 0 atom stereocenters. The van der Waals surface area contributed by atoms with Gasteiger partial charge in [0.25, 0.3) is 11.1 Å². The molecular weight excluding hydrogens is 571 g/mol. The SMILES string of the molecule is CCOC(=O)c1c(NC(=O)Sc2nnc(-c3ccccc3)c(-c3ccccc3)n2)sc(C(=O)Nc2ccccc2)c1C. The van der Waals surface area contributed by atoms with Gasteiger partial charge in [-0.05, 0) is 31.5 Å². The van der Waals surface area contributed by atoms with Crippen molar-refractivity contribution in [2.45, 2.75) is 19.0 Å². The van der Waals surface area contributed by atoms with Crippen molar-refractivity contribution in [3.8, 4) is 22.5 Å². The van der Waals surface area contributed by atoms with Gasteiger partial charge in [0.1, 0.15) is 16.4 Å². The molecule has 5 rings (SSSR count). The molecule has 0 spiro atoms. The Hall–Kier alpha value is -4.87. The van der Waals surface area contributed by atoms with E-state index < -0.39 is 17.1 Å². The zero-order chi connectivity index (χ0) is 29.5. The fraction of sp³-hybridized carbons (Fsp3) is 0.0968. The van der Waals surface area contributed by atoms with Gasteiger partial charge in [-0.25, -0.2) is 9.78 Å². The molecular formula is C31H25N5O4S2. The maximum atomic E-state index is 13.2. The number of thioether (sulfide) groups is 1. The highest BCUT2D eigenvalue weighted by Gasteiger charge is 2.27. The van der Waals surface area contributed by atoms with Crippen LogP contribution in [-0.2, 0) is 4.74 Å². The molecule has 11 heteroatoms. The Kier molecular flexibility index (Phi) is 9.00.